The SMILES string of the molecule is O=c1cc(-c2cccc(Cl)c2)nc(SCc2nc(-c3ccc(OC(F)(F)F)cc3)no2)[nH]1. The summed E-state index contributed by atoms with van der Waals surface area (Å²) in [5.41, 5.74) is 1.29. The molecule has 0 fully saturated rings. The van der Waals surface area contributed by atoms with Crippen molar-refractivity contribution in [3.63, 3.8) is 0 Å². The Balaban J connectivity index is 1.45. The second-order valence-corrected chi connectivity index (χ2v) is 7.72. The van der Waals surface area contributed by atoms with E-state index in [2.05, 4.69) is 24.8 Å². The number of ether oxygens (including phenoxy) is 1. The van der Waals surface area contributed by atoms with E-state index >= 15 is 0 Å². The van der Waals surface area contributed by atoms with Crippen molar-refractivity contribution in [1.29, 1.82) is 0 Å². The van der Waals surface area contributed by atoms with Gasteiger partial charge in [-0.1, -0.05) is 40.7 Å². The maximum Gasteiger partial charge on any atom is 0.573 e. The van der Waals surface area contributed by atoms with Gasteiger partial charge in [0, 0.05) is 22.2 Å². The molecule has 4 rings (SSSR count). The second kappa shape index (κ2) is 9.05. The lowest BCUT2D eigenvalue weighted by molar-refractivity contribution is -0.274. The standard InChI is InChI=1S/C20H12ClF3N4O3S/c21-13-3-1-2-12(8-13)15-9-16(29)26-19(25-15)32-10-17-27-18(28-31-17)11-4-6-14(7-5-11)30-20(22,23)24/h1-9H,10H2,(H,25,26,29). The van der Waals surface area contributed by atoms with Crippen LogP contribution in [0.2, 0.25) is 5.02 Å². The molecule has 12 heteroatoms. The molecule has 32 heavy (non-hydrogen) atoms. The number of alkyl halides is 3. The Hall–Kier alpha value is -3.31. The van der Waals surface area contributed by atoms with E-state index in [9.17, 15) is 18.0 Å². The fourth-order valence-corrected chi connectivity index (χ4v) is 3.57. The molecule has 2 aromatic carbocycles. The van der Waals surface area contributed by atoms with Gasteiger partial charge in [-0.2, -0.15) is 4.98 Å². The molecule has 0 spiro atoms. The number of hydrogen-bond donors (Lipinski definition) is 1. The molecule has 4 aromatic rings. The molecule has 164 valence electrons. The van der Waals surface area contributed by atoms with Crippen LogP contribution in [-0.4, -0.2) is 26.5 Å². The number of nitrogens with zero attached hydrogens (tertiary/aromatic N) is 3. The zero-order valence-corrected chi connectivity index (χ0v) is 17.5. The van der Waals surface area contributed by atoms with Crippen molar-refractivity contribution in [1.82, 2.24) is 20.1 Å². The number of halogens is 4. The van der Waals surface area contributed by atoms with E-state index in [-0.39, 0.29) is 28.8 Å². The quantitative estimate of drug-likeness (QED) is 0.294. The van der Waals surface area contributed by atoms with Gasteiger partial charge in [-0.05, 0) is 36.4 Å². The van der Waals surface area contributed by atoms with Gasteiger partial charge in [0.2, 0.25) is 11.7 Å². The minimum Gasteiger partial charge on any atom is -0.406 e. The summed E-state index contributed by atoms with van der Waals surface area (Å²) in [6.07, 6.45) is -4.77. The molecule has 2 aromatic heterocycles. The topological polar surface area (TPSA) is 93.9 Å². The van der Waals surface area contributed by atoms with Crippen molar-refractivity contribution in [3.8, 4) is 28.4 Å². The lowest BCUT2D eigenvalue weighted by Crippen LogP contribution is -2.16. The highest BCUT2D eigenvalue weighted by atomic mass is 35.5. The van der Waals surface area contributed by atoms with Crippen LogP contribution in [0.25, 0.3) is 22.6 Å². The molecule has 0 aliphatic carbocycles. The van der Waals surface area contributed by atoms with Gasteiger partial charge in [-0.3, -0.25) is 4.79 Å². The summed E-state index contributed by atoms with van der Waals surface area (Å²) in [6, 6.07) is 13.4. The van der Waals surface area contributed by atoms with Crippen LogP contribution in [0, 0.1) is 0 Å². The van der Waals surface area contributed by atoms with Crippen LogP contribution < -0.4 is 10.3 Å². The first-order valence-corrected chi connectivity index (χ1v) is 10.3. The van der Waals surface area contributed by atoms with Crippen molar-refractivity contribution in [2.24, 2.45) is 0 Å². The summed E-state index contributed by atoms with van der Waals surface area (Å²) < 4.78 is 45.8. The van der Waals surface area contributed by atoms with Crippen LogP contribution in [0.15, 0.2) is 69.1 Å². The first-order valence-electron chi connectivity index (χ1n) is 8.94. The summed E-state index contributed by atoms with van der Waals surface area (Å²) in [5.74, 6) is 0.310. The smallest absolute Gasteiger partial charge is 0.406 e. The minimum atomic E-state index is -4.77. The lowest BCUT2D eigenvalue weighted by atomic mass is 10.1. The van der Waals surface area contributed by atoms with E-state index in [1.807, 2.05) is 0 Å². The molecule has 2 heterocycles. The van der Waals surface area contributed by atoms with Crippen LogP contribution >= 0.6 is 23.4 Å². The highest BCUT2D eigenvalue weighted by molar-refractivity contribution is 7.98. The Labute approximate surface area is 187 Å². The van der Waals surface area contributed by atoms with Gasteiger partial charge in [-0.15, -0.1) is 13.2 Å². The van der Waals surface area contributed by atoms with E-state index < -0.39 is 6.36 Å². The van der Waals surface area contributed by atoms with E-state index in [4.69, 9.17) is 16.1 Å². The van der Waals surface area contributed by atoms with Crippen LogP contribution in [-0.2, 0) is 5.75 Å². The average molecular weight is 481 g/mol. The number of nitrogens with one attached hydrogen (secondary N) is 1. The van der Waals surface area contributed by atoms with Gasteiger partial charge in [0.1, 0.15) is 5.75 Å². The lowest BCUT2D eigenvalue weighted by Gasteiger charge is -2.08. The molecule has 0 aliphatic rings. The fourth-order valence-electron chi connectivity index (χ4n) is 2.67. The summed E-state index contributed by atoms with van der Waals surface area (Å²) in [4.78, 5) is 23.3. The normalized spacial score (nSPS) is 11.5. The summed E-state index contributed by atoms with van der Waals surface area (Å²) in [6.45, 7) is 0. The van der Waals surface area contributed by atoms with E-state index in [1.54, 1.807) is 24.3 Å². The molecule has 0 unspecified atom stereocenters. The number of aromatic nitrogens is 4. The fraction of sp³-hybridized carbons (Fsp3) is 0.100. The van der Waals surface area contributed by atoms with Crippen molar-refractivity contribution in [3.05, 3.63) is 75.9 Å². The Bertz CT molecular complexity index is 1290. The van der Waals surface area contributed by atoms with Crippen LogP contribution in [0.5, 0.6) is 5.75 Å². The number of benzene rings is 2. The van der Waals surface area contributed by atoms with Gasteiger partial charge < -0.3 is 14.2 Å². The van der Waals surface area contributed by atoms with E-state index in [0.717, 1.165) is 12.1 Å². The molecule has 7 nitrogen and oxygen atoms in total. The van der Waals surface area contributed by atoms with Crippen molar-refractivity contribution < 1.29 is 22.4 Å². The third kappa shape index (κ3) is 5.68. The zero-order chi connectivity index (χ0) is 22.7. The summed E-state index contributed by atoms with van der Waals surface area (Å²) in [5, 5.41) is 4.70. The van der Waals surface area contributed by atoms with Crippen LogP contribution in [0.3, 0.4) is 0 Å². The maximum absolute atomic E-state index is 12.3. The highest BCUT2D eigenvalue weighted by Crippen LogP contribution is 2.27. The monoisotopic (exact) mass is 480 g/mol. The van der Waals surface area contributed by atoms with Gasteiger partial charge in [0.15, 0.2) is 5.16 Å². The molecule has 0 aliphatic heterocycles. The molecule has 0 bridgehead atoms. The predicted octanol–water partition coefficient (Wildman–Crippen LogP) is 5.33. The Kier molecular flexibility index (Phi) is 6.19. The highest BCUT2D eigenvalue weighted by Gasteiger charge is 2.31. The molecule has 0 saturated heterocycles. The number of hydrogen-bond acceptors (Lipinski definition) is 7. The molecule has 0 atom stereocenters. The zero-order valence-electron chi connectivity index (χ0n) is 15.9. The van der Waals surface area contributed by atoms with E-state index in [0.29, 0.717) is 27.0 Å². The molecular weight excluding hydrogens is 469 g/mol. The van der Waals surface area contributed by atoms with Gasteiger partial charge >= 0.3 is 6.36 Å². The number of thioether (sulfide) groups is 1. The van der Waals surface area contributed by atoms with Crippen LogP contribution in [0.4, 0.5) is 13.2 Å². The van der Waals surface area contributed by atoms with E-state index in [1.165, 1.54) is 30.0 Å². The first-order chi connectivity index (χ1) is 15.2. The largest absolute Gasteiger partial charge is 0.573 e. The van der Waals surface area contributed by atoms with Crippen molar-refractivity contribution in [2.45, 2.75) is 17.3 Å². The average Bonchev–Trinajstić information content (AvgIpc) is 3.20. The number of aromatic amines is 1. The minimum absolute atomic E-state index is 0.202. The Morgan fingerprint density at radius 1 is 1.06 bits per heavy atom. The van der Waals surface area contributed by atoms with Gasteiger partial charge in [0.25, 0.3) is 5.56 Å². The molecule has 1 N–H and O–H groups in total. The Morgan fingerprint density at radius 3 is 2.56 bits per heavy atom. The second-order valence-electron chi connectivity index (χ2n) is 6.32. The van der Waals surface area contributed by atoms with Crippen LogP contribution in [0.1, 0.15) is 5.89 Å². The number of H-pyrrole nitrogens is 1. The number of rotatable bonds is 6. The third-order valence-electron chi connectivity index (χ3n) is 3.99. The third-order valence-corrected chi connectivity index (χ3v) is 5.08. The van der Waals surface area contributed by atoms with Crippen molar-refractivity contribution >= 4 is 23.4 Å². The summed E-state index contributed by atoms with van der Waals surface area (Å²) >= 11 is 7.18. The summed E-state index contributed by atoms with van der Waals surface area (Å²) in [7, 11) is 0. The molecule has 0 radical (unpaired) electrons. The van der Waals surface area contributed by atoms with Crippen molar-refractivity contribution in [2.75, 3.05) is 0 Å². The molecular formula is C20H12ClF3N4O3S. The van der Waals surface area contributed by atoms with Gasteiger partial charge in [-0.25, -0.2) is 4.98 Å². The Morgan fingerprint density at radius 2 is 1.84 bits per heavy atom. The maximum atomic E-state index is 12.3. The predicted molar refractivity (Wildman–Crippen MR) is 111 cm³/mol. The first kappa shape index (κ1) is 21.9. The van der Waals surface area contributed by atoms with Gasteiger partial charge in [0.05, 0.1) is 11.4 Å². The molecule has 0 amide bonds. The molecule has 0 saturated carbocycles.